The monoisotopic (exact) mass is 329 g/mol. The van der Waals surface area contributed by atoms with Crippen molar-refractivity contribution in [2.24, 2.45) is 11.8 Å². The normalized spacial score (nSPS) is 26.0. The minimum Gasteiger partial charge on any atom is -0.207 e. The molecule has 1 aromatic carbocycles. The van der Waals surface area contributed by atoms with Gasteiger partial charge in [-0.15, -0.1) is 0 Å². The largest absolute Gasteiger partial charge is 0.244 e. The van der Waals surface area contributed by atoms with E-state index in [2.05, 4.69) is 12.2 Å². The summed E-state index contributed by atoms with van der Waals surface area (Å²) in [5, 5.41) is -0.0499. The molecule has 21 heavy (non-hydrogen) atoms. The fourth-order valence-corrected chi connectivity index (χ4v) is 5.26. The molecule has 0 spiro atoms. The second-order valence-electron chi connectivity index (χ2n) is 5.82. The van der Waals surface area contributed by atoms with Crippen molar-refractivity contribution >= 4 is 21.6 Å². The maximum atomic E-state index is 13.5. The van der Waals surface area contributed by atoms with Crippen molar-refractivity contribution in [3.8, 4) is 0 Å². The summed E-state index contributed by atoms with van der Waals surface area (Å²) in [5.74, 6) is 0.272. The van der Waals surface area contributed by atoms with Gasteiger partial charge in [0.1, 0.15) is 10.7 Å². The van der Waals surface area contributed by atoms with E-state index in [1.54, 1.807) is 6.92 Å². The highest BCUT2D eigenvalue weighted by atomic mass is 35.5. The van der Waals surface area contributed by atoms with Crippen LogP contribution in [0.1, 0.15) is 18.4 Å². The van der Waals surface area contributed by atoms with Gasteiger partial charge in [-0.3, -0.25) is 0 Å². The SMILES string of the molecule is Cc1cc(S(=O)(=O)N2C[C@H]3CC=CC[C@H]3C2)c(Cl)cc1F. The minimum atomic E-state index is -3.66. The third-order valence-corrected chi connectivity index (χ3v) is 6.71. The van der Waals surface area contributed by atoms with Gasteiger partial charge in [0.2, 0.25) is 10.0 Å². The van der Waals surface area contributed by atoms with Crippen LogP contribution in [0.2, 0.25) is 5.02 Å². The Morgan fingerprint density at radius 3 is 2.33 bits per heavy atom. The van der Waals surface area contributed by atoms with E-state index in [4.69, 9.17) is 11.6 Å². The molecule has 1 fully saturated rings. The first kappa shape index (κ1) is 15.0. The molecule has 6 heteroatoms. The van der Waals surface area contributed by atoms with Gasteiger partial charge in [0, 0.05) is 13.1 Å². The second kappa shape index (κ2) is 5.38. The van der Waals surface area contributed by atoms with E-state index in [0.717, 1.165) is 18.9 Å². The highest BCUT2D eigenvalue weighted by Crippen LogP contribution is 2.37. The zero-order valence-electron chi connectivity index (χ0n) is 11.7. The number of fused-ring (bicyclic) bond motifs is 1. The second-order valence-corrected chi connectivity index (χ2v) is 8.13. The van der Waals surface area contributed by atoms with E-state index in [9.17, 15) is 12.8 Å². The molecule has 3 rings (SSSR count). The standard InChI is InChI=1S/C15H17ClFNO2S/c1-10-6-15(13(16)7-14(10)17)21(19,20)18-8-11-4-2-3-5-12(11)9-18/h2-3,6-7,11-12H,4-5,8-9H2,1H3/t11-,12+. The van der Waals surface area contributed by atoms with Gasteiger partial charge in [-0.25, -0.2) is 12.8 Å². The Morgan fingerprint density at radius 2 is 1.76 bits per heavy atom. The number of rotatable bonds is 2. The van der Waals surface area contributed by atoms with Crippen LogP contribution in [0.25, 0.3) is 0 Å². The van der Waals surface area contributed by atoms with Crippen molar-refractivity contribution in [3.05, 3.63) is 40.7 Å². The lowest BCUT2D eigenvalue weighted by Gasteiger charge is -2.18. The molecule has 2 aliphatic rings. The van der Waals surface area contributed by atoms with Gasteiger partial charge in [-0.1, -0.05) is 23.8 Å². The zero-order chi connectivity index (χ0) is 15.2. The molecular weight excluding hydrogens is 313 g/mol. The van der Waals surface area contributed by atoms with Gasteiger partial charge < -0.3 is 0 Å². The van der Waals surface area contributed by atoms with Crippen molar-refractivity contribution in [1.29, 1.82) is 0 Å². The molecule has 0 bridgehead atoms. The minimum absolute atomic E-state index is 0.00896. The average molecular weight is 330 g/mol. The number of benzene rings is 1. The van der Waals surface area contributed by atoms with E-state index < -0.39 is 15.8 Å². The zero-order valence-corrected chi connectivity index (χ0v) is 13.3. The molecule has 1 aliphatic heterocycles. The Labute approximate surface area is 129 Å². The maximum absolute atomic E-state index is 13.5. The summed E-state index contributed by atoms with van der Waals surface area (Å²) in [6.07, 6.45) is 6.08. The predicted molar refractivity (Wildman–Crippen MR) is 80.3 cm³/mol. The number of hydrogen-bond donors (Lipinski definition) is 0. The Balaban J connectivity index is 1.93. The van der Waals surface area contributed by atoms with Gasteiger partial charge in [0.15, 0.2) is 0 Å². The van der Waals surface area contributed by atoms with E-state index in [-0.39, 0.29) is 15.5 Å². The molecule has 0 radical (unpaired) electrons. The summed E-state index contributed by atoms with van der Waals surface area (Å²) in [6, 6.07) is 2.40. The van der Waals surface area contributed by atoms with Crippen LogP contribution in [0.5, 0.6) is 0 Å². The smallest absolute Gasteiger partial charge is 0.207 e. The Morgan fingerprint density at radius 1 is 1.19 bits per heavy atom. The number of sulfonamides is 1. The van der Waals surface area contributed by atoms with Gasteiger partial charge in [0.05, 0.1) is 5.02 Å². The summed E-state index contributed by atoms with van der Waals surface area (Å²) in [5.41, 5.74) is 0.288. The average Bonchev–Trinajstić information content (AvgIpc) is 2.87. The first-order chi connectivity index (χ1) is 9.89. The van der Waals surface area contributed by atoms with Crippen LogP contribution >= 0.6 is 11.6 Å². The van der Waals surface area contributed by atoms with Crippen molar-refractivity contribution in [2.75, 3.05) is 13.1 Å². The summed E-state index contributed by atoms with van der Waals surface area (Å²) in [7, 11) is -3.66. The van der Waals surface area contributed by atoms with Crippen molar-refractivity contribution in [1.82, 2.24) is 4.31 Å². The lowest BCUT2D eigenvalue weighted by atomic mass is 9.86. The summed E-state index contributed by atoms with van der Waals surface area (Å²) in [4.78, 5) is 0.00896. The summed E-state index contributed by atoms with van der Waals surface area (Å²) in [6.45, 7) is 2.58. The molecule has 0 N–H and O–H groups in total. The van der Waals surface area contributed by atoms with Crippen LogP contribution in [0, 0.1) is 24.6 Å². The lowest BCUT2D eigenvalue weighted by Crippen LogP contribution is -2.29. The molecule has 0 amide bonds. The molecule has 1 aliphatic carbocycles. The van der Waals surface area contributed by atoms with Gasteiger partial charge in [-0.2, -0.15) is 4.31 Å². The maximum Gasteiger partial charge on any atom is 0.244 e. The van der Waals surface area contributed by atoms with Crippen LogP contribution in [-0.4, -0.2) is 25.8 Å². The van der Waals surface area contributed by atoms with E-state index in [0.29, 0.717) is 24.9 Å². The molecule has 0 aromatic heterocycles. The predicted octanol–water partition coefficient (Wildman–Crippen LogP) is 3.37. The highest BCUT2D eigenvalue weighted by Gasteiger charge is 2.39. The molecular formula is C15H17ClFNO2S. The molecule has 114 valence electrons. The van der Waals surface area contributed by atoms with E-state index in [1.807, 2.05) is 0 Å². The van der Waals surface area contributed by atoms with Crippen LogP contribution in [-0.2, 0) is 10.0 Å². The summed E-state index contributed by atoms with van der Waals surface area (Å²) >= 11 is 5.96. The molecule has 1 saturated heterocycles. The topological polar surface area (TPSA) is 37.4 Å². The summed E-state index contributed by atoms with van der Waals surface area (Å²) < 4.78 is 40.5. The molecule has 0 saturated carbocycles. The number of aryl methyl sites for hydroxylation is 1. The Bertz CT molecular complexity index is 686. The molecule has 1 aromatic rings. The first-order valence-electron chi connectivity index (χ1n) is 7.00. The number of hydrogen-bond acceptors (Lipinski definition) is 2. The van der Waals surface area contributed by atoms with Crippen molar-refractivity contribution < 1.29 is 12.8 Å². The third kappa shape index (κ3) is 2.62. The van der Waals surface area contributed by atoms with Crippen molar-refractivity contribution in [3.63, 3.8) is 0 Å². The van der Waals surface area contributed by atoms with Gasteiger partial charge >= 0.3 is 0 Å². The molecule has 1 heterocycles. The molecule has 0 unspecified atom stereocenters. The quantitative estimate of drug-likeness (QED) is 0.780. The Kier molecular flexibility index (Phi) is 3.84. The fraction of sp³-hybridized carbons (Fsp3) is 0.467. The lowest BCUT2D eigenvalue weighted by molar-refractivity contribution is 0.411. The Hall–Kier alpha value is -0.910. The fourth-order valence-electron chi connectivity index (χ4n) is 3.14. The number of allylic oxidation sites excluding steroid dienone is 2. The van der Waals surface area contributed by atoms with Crippen LogP contribution in [0.3, 0.4) is 0 Å². The molecule has 3 nitrogen and oxygen atoms in total. The number of halogens is 2. The third-order valence-electron chi connectivity index (χ3n) is 4.42. The van der Waals surface area contributed by atoms with E-state index >= 15 is 0 Å². The van der Waals surface area contributed by atoms with Crippen LogP contribution < -0.4 is 0 Å². The molecule has 2 atom stereocenters. The van der Waals surface area contributed by atoms with E-state index in [1.165, 1.54) is 10.4 Å². The van der Waals surface area contributed by atoms with Gasteiger partial charge in [0.25, 0.3) is 0 Å². The van der Waals surface area contributed by atoms with Crippen LogP contribution in [0.4, 0.5) is 4.39 Å². The first-order valence-corrected chi connectivity index (χ1v) is 8.82. The number of nitrogens with zero attached hydrogens (tertiary/aromatic N) is 1. The van der Waals surface area contributed by atoms with Crippen LogP contribution in [0.15, 0.2) is 29.2 Å². The highest BCUT2D eigenvalue weighted by molar-refractivity contribution is 7.89. The van der Waals surface area contributed by atoms with Gasteiger partial charge in [-0.05, 0) is 49.3 Å². The van der Waals surface area contributed by atoms with Crippen molar-refractivity contribution in [2.45, 2.75) is 24.7 Å².